The predicted molar refractivity (Wildman–Crippen MR) is 131 cm³/mol. The molecule has 0 fully saturated rings. The average Bonchev–Trinajstić information content (AvgIpc) is 2.69. The van der Waals surface area contributed by atoms with Gasteiger partial charge < -0.3 is 25.7 Å². The van der Waals surface area contributed by atoms with Gasteiger partial charge in [0.15, 0.2) is 0 Å². The summed E-state index contributed by atoms with van der Waals surface area (Å²) in [6.45, 7) is 5.67. The van der Waals surface area contributed by atoms with Crippen molar-refractivity contribution in [2.24, 2.45) is 0 Å². The fraction of sp³-hybridized carbons (Fsp3) is 0.400. The van der Waals surface area contributed by atoms with Crippen LogP contribution in [0.5, 0.6) is 11.5 Å². The number of aromatic hydroxyl groups is 2. The van der Waals surface area contributed by atoms with Crippen LogP contribution in [0.25, 0.3) is 0 Å². The summed E-state index contributed by atoms with van der Waals surface area (Å²) in [5.74, 6) is 0.380. The molecule has 0 aliphatic carbocycles. The highest BCUT2D eigenvalue weighted by molar-refractivity contribution is 9.11. The van der Waals surface area contributed by atoms with Gasteiger partial charge in [0.1, 0.15) is 11.5 Å². The van der Waals surface area contributed by atoms with Crippen LogP contribution in [-0.2, 0) is 5.41 Å². The molecule has 0 unspecified atom stereocenters. The second kappa shape index (κ2) is 12.6. The van der Waals surface area contributed by atoms with Crippen molar-refractivity contribution in [2.45, 2.75) is 25.7 Å². The first-order chi connectivity index (χ1) is 13.6. The van der Waals surface area contributed by atoms with Crippen LogP contribution in [0.2, 0.25) is 0 Å². The summed E-state index contributed by atoms with van der Waals surface area (Å²) in [4.78, 5) is 0. The van der Waals surface area contributed by atoms with Crippen molar-refractivity contribution in [3.05, 3.63) is 53.3 Å². The van der Waals surface area contributed by atoms with Crippen LogP contribution < -0.4 is 5.32 Å². The van der Waals surface area contributed by atoms with Crippen molar-refractivity contribution in [2.75, 3.05) is 26.3 Å². The molecule has 0 saturated carbocycles. The van der Waals surface area contributed by atoms with Gasteiger partial charge in [-0.3, -0.25) is 0 Å². The summed E-state index contributed by atoms with van der Waals surface area (Å²) in [6, 6.07) is 7.72. The van der Waals surface area contributed by atoms with E-state index in [-0.39, 0.29) is 30.1 Å². The smallest absolute Gasteiger partial charge is 0.143 e. The summed E-state index contributed by atoms with van der Waals surface area (Å²) in [7, 11) is 0. The van der Waals surface area contributed by atoms with Crippen molar-refractivity contribution in [3.63, 3.8) is 0 Å². The molecular formula is C20H25Br4NO4. The maximum atomic E-state index is 9.92. The predicted octanol–water partition coefficient (Wildman–Crippen LogP) is 5.42. The summed E-state index contributed by atoms with van der Waals surface area (Å²) in [6.07, 6.45) is 0.861. The molecule has 2 aromatic rings. The minimum Gasteiger partial charge on any atom is -0.506 e. The highest BCUT2D eigenvalue weighted by Crippen LogP contribution is 2.44. The minimum atomic E-state index is -0.266. The van der Waals surface area contributed by atoms with E-state index in [0.717, 1.165) is 17.5 Å². The van der Waals surface area contributed by atoms with E-state index in [9.17, 15) is 10.2 Å². The van der Waals surface area contributed by atoms with E-state index in [1.165, 1.54) is 0 Å². The molecule has 0 heterocycles. The molecule has 5 nitrogen and oxygen atoms in total. The third-order valence-corrected chi connectivity index (χ3v) is 7.01. The number of halogens is 4. The number of aliphatic hydroxyl groups excluding tert-OH is 2. The number of phenols is 2. The first kappa shape index (κ1) is 26.9. The zero-order chi connectivity index (χ0) is 22.2. The Hall–Kier alpha value is -0.160. The molecule has 29 heavy (non-hydrogen) atoms. The first-order valence-corrected chi connectivity index (χ1v) is 12.1. The van der Waals surface area contributed by atoms with Crippen molar-refractivity contribution in [1.29, 1.82) is 0 Å². The third-order valence-electron chi connectivity index (χ3n) is 4.59. The maximum absolute atomic E-state index is 9.92. The second-order valence-corrected chi connectivity index (χ2v) is 9.88. The molecule has 2 aromatic carbocycles. The normalized spacial score (nSPS) is 11.2. The van der Waals surface area contributed by atoms with Gasteiger partial charge in [0.2, 0.25) is 0 Å². The lowest BCUT2D eigenvalue weighted by molar-refractivity contribution is 0.266. The maximum Gasteiger partial charge on any atom is 0.143 e. The molecule has 0 aliphatic rings. The molecule has 0 bridgehead atoms. The van der Waals surface area contributed by atoms with E-state index >= 15 is 0 Å². The number of phenolic OH excluding ortho intramolecular Hbond substituents is 2. The van der Waals surface area contributed by atoms with Crippen LogP contribution in [-0.4, -0.2) is 46.7 Å². The van der Waals surface area contributed by atoms with Crippen LogP contribution in [0, 0.1) is 0 Å². The fourth-order valence-electron chi connectivity index (χ4n) is 2.63. The quantitative estimate of drug-likeness (QED) is 0.256. The zero-order valence-corrected chi connectivity index (χ0v) is 22.5. The average molecular weight is 663 g/mol. The molecule has 0 amide bonds. The minimum absolute atomic E-state index is 0.139. The molecule has 0 aliphatic heterocycles. The van der Waals surface area contributed by atoms with Crippen molar-refractivity contribution < 1.29 is 20.4 Å². The van der Waals surface area contributed by atoms with Crippen LogP contribution in [0.3, 0.4) is 0 Å². The van der Waals surface area contributed by atoms with Gasteiger partial charge in [-0.2, -0.15) is 0 Å². The summed E-state index contributed by atoms with van der Waals surface area (Å²) < 4.78 is 2.59. The van der Waals surface area contributed by atoms with E-state index < -0.39 is 0 Å². The Labute approximate surface area is 205 Å². The first-order valence-electron chi connectivity index (χ1n) is 8.91. The van der Waals surface area contributed by atoms with Gasteiger partial charge in [0.25, 0.3) is 0 Å². The van der Waals surface area contributed by atoms with Crippen molar-refractivity contribution in [3.8, 4) is 11.5 Å². The van der Waals surface area contributed by atoms with Crippen LogP contribution in [0.4, 0.5) is 0 Å². The van der Waals surface area contributed by atoms with Gasteiger partial charge in [-0.05, 0) is 106 Å². The second-order valence-electron chi connectivity index (χ2n) is 6.46. The molecule has 162 valence electrons. The van der Waals surface area contributed by atoms with Gasteiger partial charge in [-0.15, -0.1) is 0 Å². The molecule has 0 spiro atoms. The van der Waals surface area contributed by atoms with Crippen LogP contribution in [0.15, 0.2) is 42.2 Å². The SMILES string of the molecule is CCC(C)(c1cc(Br)c(O)c(Br)c1)c1cc(Br)c(O)c(Br)c1.OCCNCCO. The molecule has 2 rings (SSSR count). The number of hydrogen-bond donors (Lipinski definition) is 5. The standard InChI is InChI=1S/C16H14Br4O2.C4H11NO2/c1-3-16(2,8-4-10(17)14(21)11(18)5-8)9-6-12(19)15(22)13(20)7-9;6-3-1-5-2-4-7/h4-7,21-22H,3H2,1-2H3;5-7H,1-4H2. The number of aliphatic hydroxyl groups is 2. The van der Waals surface area contributed by atoms with Crippen LogP contribution >= 0.6 is 63.7 Å². The monoisotopic (exact) mass is 659 g/mol. The van der Waals surface area contributed by atoms with Gasteiger partial charge in [0.05, 0.1) is 31.1 Å². The Balaban J connectivity index is 0.000000516. The lowest BCUT2D eigenvalue weighted by atomic mass is 9.74. The molecule has 0 aromatic heterocycles. The fourth-order valence-corrected chi connectivity index (χ4v) is 5.00. The lowest BCUT2D eigenvalue weighted by Gasteiger charge is -2.31. The molecule has 0 saturated heterocycles. The van der Waals surface area contributed by atoms with E-state index in [4.69, 9.17) is 10.2 Å². The Morgan fingerprint density at radius 1 is 0.759 bits per heavy atom. The highest BCUT2D eigenvalue weighted by Gasteiger charge is 2.29. The molecular weight excluding hydrogens is 638 g/mol. The Morgan fingerprint density at radius 2 is 1.07 bits per heavy atom. The number of benzene rings is 2. The van der Waals surface area contributed by atoms with E-state index in [1.807, 2.05) is 24.3 Å². The number of nitrogens with one attached hydrogen (secondary N) is 1. The van der Waals surface area contributed by atoms with Crippen molar-refractivity contribution >= 4 is 63.7 Å². The van der Waals surface area contributed by atoms with Gasteiger partial charge in [0, 0.05) is 18.5 Å². The summed E-state index contributed by atoms with van der Waals surface area (Å²) in [5, 5.41) is 38.9. The highest BCUT2D eigenvalue weighted by atomic mass is 79.9. The van der Waals surface area contributed by atoms with E-state index in [2.05, 4.69) is 82.9 Å². The molecule has 5 N–H and O–H groups in total. The molecule has 0 radical (unpaired) electrons. The summed E-state index contributed by atoms with van der Waals surface area (Å²) in [5.41, 5.74) is 1.87. The van der Waals surface area contributed by atoms with Crippen molar-refractivity contribution in [1.82, 2.24) is 5.32 Å². The number of rotatable bonds is 7. The van der Waals surface area contributed by atoms with Gasteiger partial charge in [-0.25, -0.2) is 0 Å². The zero-order valence-electron chi connectivity index (χ0n) is 16.1. The summed E-state index contributed by atoms with van der Waals surface area (Å²) >= 11 is 13.6. The van der Waals surface area contributed by atoms with Gasteiger partial charge >= 0.3 is 0 Å². The molecule has 0 atom stereocenters. The van der Waals surface area contributed by atoms with E-state index in [1.54, 1.807) is 0 Å². The number of hydrogen-bond acceptors (Lipinski definition) is 5. The topological polar surface area (TPSA) is 93.0 Å². The Morgan fingerprint density at radius 3 is 1.31 bits per heavy atom. The van der Waals surface area contributed by atoms with Crippen LogP contribution in [0.1, 0.15) is 31.4 Å². The Kier molecular flexibility index (Phi) is 11.7. The third kappa shape index (κ3) is 7.19. The van der Waals surface area contributed by atoms with E-state index in [0.29, 0.717) is 31.0 Å². The largest absolute Gasteiger partial charge is 0.506 e. The van der Waals surface area contributed by atoms with Gasteiger partial charge in [-0.1, -0.05) is 13.8 Å². The molecule has 9 heteroatoms. The Bertz CT molecular complexity index is 710. The lowest BCUT2D eigenvalue weighted by Crippen LogP contribution is -2.22.